The van der Waals surface area contributed by atoms with Gasteiger partial charge in [0, 0.05) is 12.4 Å². The van der Waals surface area contributed by atoms with Crippen molar-refractivity contribution in [2.24, 2.45) is 7.05 Å². The summed E-state index contributed by atoms with van der Waals surface area (Å²) in [4.78, 5) is 16.6. The molecule has 6 nitrogen and oxygen atoms in total. The minimum Gasteiger partial charge on any atom is -0.397 e. The highest BCUT2D eigenvalue weighted by molar-refractivity contribution is 6.11. The summed E-state index contributed by atoms with van der Waals surface area (Å²) < 4.78 is 1.69. The largest absolute Gasteiger partial charge is 0.397 e. The highest BCUT2D eigenvalue weighted by Crippen LogP contribution is 2.20. The smallest absolute Gasteiger partial charge is 0.277 e. The molecule has 106 valence electrons. The predicted octanol–water partition coefficient (Wildman–Crippen LogP) is 2.11. The Morgan fingerprint density at radius 2 is 2.10 bits per heavy atom. The van der Waals surface area contributed by atoms with Gasteiger partial charge in [0.15, 0.2) is 5.69 Å². The van der Waals surface area contributed by atoms with E-state index in [0.29, 0.717) is 17.2 Å². The van der Waals surface area contributed by atoms with Crippen molar-refractivity contribution >= 4 is 28.3 Å². The summed E-state index contributed by atoms with van der Waals surface area (Å²) in [6, 6.07) is 9.36. The minimum absolute atomic E-state index is 0.285. The Kier molecular flexibility index (Phi) is 3.06. The van der Waals surface area contributed by atoms with Crippen molar-refractivity contribution in [3.05, 3.63) is 47.8 Å². The number of carbonyl (C=O) groups is 1. The molecule has 21 heavy (non-hydrogen) atoms. The number of aryl methyl sites for hydroxylation is 2. The second-order valence-corrected chi connectivity index (χ2v) is 4.88. The van der Waals surface area contributed by atoms with Crippen LogP contribution in [0.5, 0.6) is 0 Å². The average molecular weight is 281 g/mol. The molecule has 0 atom stereocenters. The lowest BCUT2D eigenvalue weighted by Crippen LogP contribution is -2.15. The normalized spacial score (nSPS) is 10.8. The van der Waals surface area contributed by atoms with Crippen molar-refractivity contribution < 1.29 is 4.79 Å². The number of benzene rings is 1. The first-order valence-electron chi connectivity index (χ1n) is 6.51. The molecule has 0 saturated heterocycles. The van der Waals surface area contributed by atoms with Gasteiger partial charge >= 0.3 is 0 Å². The summed E-state index contributed by atoms with van der Waals surface area (Å²) >= 11 is 0. The Labute approximate surface area is 121 Å². The number of hydrogen-bond acceptors (Lipinski definition) is 4. The molecule has 3 rings (SSSR count). The summed E-state index contributed by atoms with van der Waals surface area (Å²) in [5.41, 5.74) is 8.32. The fraction of sp³-hybridized carbons (Fsp3) is 0.133. The third-order valence-electron chi connectivity index (χ3n) is 3.30. The van der Waals surface area contributed by atoms with Crippen LogP contribution in [0.3, 0.4) is 0 Å². The number of hydrogen-bond donors (Lipinski definition) is 2. The lowest BCUT2D eigenvalue weighted by molar-refractivity contribution is 0.102. The molecule has 0 unspecified atom stereocenters. The van der Waals surface area contributed by atoms with Crippen molar-refractivity contribution in [1.82, 2.24) is 14.8 Å². The van der Waals surface area contributed by atoms with E-state index in [0.717, 1.165) is 16.5 Å². The number of rotatable bonds is 2. The van der Waals surface area contributed by atoms with E-state index in [-0.39, 0.29) is 5.91 Å². The number of aromatic nitrogens is 3. The maximum Gasteiger partial charge on any atom is 0.277 e. The van der Waals surface area contributed by atoms with Crippen LogP contribution in [0.25, 0.3) is 10.9 Å². The van der Waals surface area contributed by atoms with Gasteiger partial charge in [-0.3, -0.25) is 9.48 Å². The SMILES string of the molecule is Cc1cc(N)cnc1NC(=O)c1nn(C)c2ccccc12. The van der Waals surface area contributed by atoms with Crippen LogP contribution in [0.1, 0.15) is 16.1 Å². The van der Waals surface area contributed by atoms with Gasteiger partial charge in [0.05, 0.1) is 17.4 Å². The van der Waals surface area contributed by atoms with E-state index >= 15 is 0 Å². The van der Waals surface area contributed by atoms with Gasteiger partial charge in [-0.2, -0.15) is 5.10 Å². The molecule has 2 aromatic heterocycles. The maximum atomic E-state index is 12.4. The summed E-state index contributed by atoms with van der Waals surface area (Å²) in [6.07, 6.45) is 1.51. The number of nitrogens with one attached hydrogen (secondary N) is 1. The molecule has 0 aliphatic carbocycles. The first-order chi connectivity index (χ1) is 10.1. The molecule has 6 heteroatoms. The van der Waals surface area contributed by atoms with Crippen molar-refractivity contribution in [2.75, 3.05) is 11.1 Å². The Morgan fingerprint density at radius 1 is 1.33 bits per heavy atom. The van der Waals surface area contributed by atoms with Crippen molar-refractivity contribution in [3.63, 3.8) is 0 Å². The molecule has 1 aromatic carbocycles. The molecule has 1 amide bonds. The van der Waals surface area contributed by atoms with Crippen LogP contribution in [0.4, 0.5) is 11.5 Å². The van der Waals surface area contributed by atoms with Gasteiger partial charge in [-0.1, -0.05) is 18.2 Å². The highest BCUT2D eigenvalue weighted by Gasteiger charge is 2.16. The molecular formula is C15H15N5O. The quantitative estimate of drug-likeness (QED) is 0.753. The molecule has 0 aliphatic heterocycles. The zero-order chi connectivity index (χ0) is 15.0. The van der Waals surface area contributed by atoms with Crippen molar-refractivity contribution in [3.8, 4) is 0 Å². The van der Waals surface area contributed by atoms with Gasteiger partial charge in [0.1, 0.15) is 5.82 Å². The van der Waals surface area contributed by atoms with E-state index in [2.05, 4.69) is 15.4 Å². The Hall–Kier alpha value is -2.89. The number of nitrogens with zero attached hydrogens (tertiary/aromatic N) is 3. The molecule has 0 aliphatic rings. The summed E-state index contributed by atoms with van der Waals surface area (Å²) in [7, 11) is 1.81. The van der Waals surface area contributed by atoms with Crippen LogP contribution >= 0.6 is 0 Å². The third kappa shape index (κ3) is 2.31. The zero-order valence-electron chi connectivity index (χ0n) is 11.8. The predicted molar refractivity (Wildman–Crippen MR) is 82.1 cm³/mol. The highest BCUT2D eigenvalue weighted by atomic mass is 16.2. The van der Waals surface area contributed by atoms with Crippen LogP contribution in [-0.4, -0.2) is 20.7 Å². The number of pyridine rings is 1. The molecule has 0 bridgehead atoms. The average Bonchev–Trinajstić information content (AvgIpc) is 2.80. The monoisotopic (exact) mass is 281 g/mol. The van der Waals surface area contributed by atoms with E-state index in [4.69, 9.17) is 5.73 Å². The number of amides is 1. The van der Waals surface area contributed by atoms with Crippen molar-refractivity contribution in [2.45, 2.75) is 6.92 Å². The summed E-state index contributed by atoms with van der Waals surface area (Å²) in [5, 5.41) is 7.87. The maximum absolute atomic E-state index is 12.4. The Balaban J connectivity index is 1.98. The van der Waals surface area contributed by atoms with Gasteiger partial charge < -0.3 is 11.1 Å². The van der Waals surface area contributed by atoms with E-state index in [1.807, 2.05) is 38.2 Å². The molecule has 3 aromatic rings. The number of carbonyl (C=O) groups excluding carboxylic acids is 1. The summed E-state index contributed by atoms with van der Waals surface area (Å²) in [6.45, 7) is 1.84. The second kappa shape index (κ2) is 4.90. The van der Waals surface area contributed by atoms with E-state index in [1.54, 1.807) is 10.7 Å². The third-order valence-corrected chi connectivity index (χ3v) is 3.30. The van der Waals surface area contributed by atoms with Crippen LogP contribution in [0, 0.1) is 6.92 Å². The van der Waals surface area contributed by atoms with Gasteiger partial charge in [0.2, 0.25) is 0 Å². The lowest BCUT2D eigenvalue weighted by atomic mass is 10.2. The van der Waals surface area contributed by atoms with Crippen LogP contribution in [-0.2, 0) is 7.05 Å². The van der Waals surface area contributed by atoms with Crippen molar-refractivity contribution in [1.29, 1.82) is 0 Å². The van der Waals surface area contributed by atoms with Crippen LogP contribution in [0.2, 0.25) is 0 Å². The number of anilines is 2. The Bertz CT molecular complexity index is 837. The van der Waals surface area contributed by atoms with E-state index in [9.17, 15) is 4.79 Å². The Morgan fingerprint density at radius 3 is 2.86 bits per heavy atom. The van der Waals surface area contributed by atoms with Crippen LogP contribution in [0.15, 0.2) is 36.5 Å². The lowest BCUT2D eigenvalue weighted by Gasteiger charge is -2.06. The van der Waals surface area contributed by atoms with Gasteiger partial charge in [-0.05, 0) is 24.6 Å². The topological polar surface area (TPSA) is 85.8 Å². The fourth-order valence-corrected chi connectivity index (χ4v) is 2.28. The minimum atomic E-state index is -0.285. The van der Waals surface area contributed by atoms with Gasteiger partial charge in [-0.15, -0.1) is 0 Å². The molecule has 3 N–H and O–H groups in total. The first kappa shape index (κ1) is 13.1. The van der Waals surface area contributed by atoms with Gasteiger partial charge in [0.25, 0.3) is 5.91 Å². The number of nitrogens with two attached hydrogens (primary N) is 1. The van der Waals surface area contributed by atoms with Gasteiger partial charge in [-0.25, -0.2) is 4.98 Å². The number of fused-ring (bicyclic) bond motifs is 1. The number of nitrogen functional groups attached to an aromatic ring is 1. The standard InChI is InChI=1S/C15H15N5O/c1-9-7-10(16)8-17-14(9)18-15(21)13-11-5-3-4-6-12(11)20(2)19-13/h3-8H,16H2,1-2H3,(H,17,18,21). The van der Waals surface area contributed by atoms with Crippen LogP contribution < -0.4 is 11.1 Å². The molecule has 0 fully saturated rings. The molecule has 0 radical (unpaired) electrons. The van der Waals surface area contributed by atoms with E-state index < -0.39 is 0 Å². The molecule has 0 saturated carbocycles. The molecular weight excluding hydrogens is 266 g/mol. The van der Waals surface area contributed by atoms with E-state index in [1.165, 1.54) is 6.20 Å². The number of para-hydroxylation sites is 1. The zero-order valence-corrected chi connectivity index (χ0v) is 11.8. The fourth-order valence-electron chi connectivity index (χ4n) is 2.28. The molecule has 0 spiro atoms. The molecule has 2 heterocycles. The first-order valence-corrected chi connectivity index (χ1v) is 6.51. The summed E-state index contributed by atoms with van der Waals surface area (Å²) in [5.74, 6) is 0.205. The second-order valence-electron chi connectivity index (χ2n) is 4.88.